The van der Waals surface area contributed by atoms with Gasteiger partial charge in [-0.2, -0.15) is 12.7 Å². The Morgan fingerprint density at radius 2 is 1.73 bits per heavy atom. The highest BCUT2D eigenvalue weighted by molar-refractivity contribution is 7.90. The van der Waals surface area contributed by atoms with Gasteiger partial charge in [0, 0.05) is 26.0 Å². The van der Waals surface area contributed by atoms with E-state index in [9.17, 15) is 8.42 Å². The molecule has 0 atom stereocenters. The van der Waals surface area contributed by atoms with Crippen LogP contribution in [-0.4, -0.2) is 38.9 Å². The van der Waals surface area contributed by atoms with Crippen molar-refractivity contribution in [1.29, 1.82) is 0 Å². The van der Waals surface area contributed by atoms with E-state index < -0.39 is 10.2 Å². The van der Waals surface area contributed by atoms with Gasteiger partial charge in [-0.05, 0) is 13.8 Å². The van der Waals surface area contributed by atoms with Crippen molar-refractivity contribution < 1.29 is 8.42 Å². The van der Waals surface area contributed by atoms with E-state index in [1.807, 2.05) is 13.8 Å². The van der Waals surface area contributed by atoms with Crippen molar-refractivity contribution in [3.05, 3.63) is 10.6 Å². The van der Waals surface area contributed by atoms with Crippen molar-refractivity contribution in [2.24, 2.45) is 0 Å². The lowest BCUT2D eigenvalue weighted by molar-refractivity contribution is 0.519. The topological polar surface area (TPSA) is 53.5 Å². The normalized spacial score (nSPS) is 12.1. The molecule has 5 nitrogen and oxygen atoms in total. The summed E-state index contributed by atoms with van der Waals surface area (Å²) in [6.07, 6.45) is 0. The monoisotopic (exact) mass is 249 g/mol. The summed E-state index contributed by atoms with van der Waals surface area (Å²) in [7, 11) is 1.09. The molecule has 0 spiro atoms. The molecule has 1 aromatic heterocycles. The summed E-state index contributed by atoms with van der Waals surface area (Å²) in [4.78, 5) is 5.23. The van der Waals surface area contributed by atoms with Crippen LogP contribution >= 0.6 is 11.3 Å². The Kier molecular flexibility index (Phi) is 3.37. The Balaban J connectivity index is 3.10. The van der Waals surface area contributed by atoms with Crippen LogP contribution in [0.4, 0.5) is 5.13 Å². The maximum atomic E-state index is 11.8. The van der Waals surface area contributed by atoms with E-state index in [1.165, 1.54) is 41.1 Å². The van der Waals surface area contributed by atoms with Gasteiger partial charge in [-0.25, -0.2) is 9.29 Å². The third-order valence-electron chi connectivity index (χ3n) is 2.09. The lowest BCUT2D eigenvalue weighted by Gasteiger charge is -2.20. The summed E-state index contributed by atoms with van der Waals surface area (Å²) in [5.74, 6) is 0. The molecule has 1 aromatic rings. The first-order valence-electron chi connectivity index (χ1n) is 4.37. The highest BCUT2D eigenvalue weighted by atomic mass is 32.2. The molecule has 0 aliphatic carbocycles. The van der Waals surface area contributed by atoms with Crippen molar-refractivity contribution in [2.75, 3.05) is 25.4 Å². The van der Waals surface area contributed by atoms with Crippen LogP contribution < -0.4 is 4.31 Å². The predicted molar refractivity (Wildman–Crippen MR) is 62.6 cm³/mol. The number of hydrogen-bond donors (Lipinski definition) is 0. The minimum atomic E-state index is -3.42. The van der Waals surface area contributed by atoms with Crippen LogP contribution in [0.25, 0.3) is 0 Å². The summed E-state index contributed by atoms with van der Waals surface area (Å²) in [6, 6.07) is 0. The molecule has 0 saturated heterocycles. The van der Waals surface area contributed by atoms with E-state index in [-0.39, 0.29) is 0 Å². The number of anilines is 1. The van der Waals surface area contributed by atoms with Crippen molar-refractivity contribution in [1.82, 2.24) is 9.29 Å². The zero-order valence-electron chi connectivity index (χ0n) is 9.47. The molecule has 1 rings (SSSR count). The third-order valence-corrected chi connectivity index (χ3v) is 5.15. The smallest absolute Gasteiger partial charge is 0.235 e. The molecule has 0 aliphatic heterocycles. The Morgan fingerprint density at radius 3 is 2.07 bits per heavy atom. The van der Waals surface area contributed by atoms with Crippen LogP contribution in [0.5, 0.6) is 0 Å². The van der Waals surface area contributed by atoms with E-state index in [2.05, 4.69) is 4.98 Å². The fourth-order valence-corrected chi connectivity index (χ4v) is 2.83. The fourth-order valence-electron chi connectivity index (χ4n) is 0.934. The highest BCUT2D eigenvalue weighted by Crippen LogP contribution is 2.26. The average Bonchev–Trinajstić information content (AvgIpc) is 2.45. The van der Waals surface area contributed by atoms with Crippen LogP contribution in [0.15, 0.2) is 0 Å². The maximum Gasteiger partial charge on any atom is 0.305 e. The second-order valence-corrected chi connectivity index (χ2v) is 6.75. The van der Waals surface area contributed by atoms with Crippen molar-refractivity contribution in [2.45, 2.75) is 13.8 Å². The molecule has 1 heterocycles. The Bertz CT molecular complexity index is 431. The van der Waals surface area contributed by atoms with Crippen LogP contribution in [0, 0.1) is 13.8 Å². The van der Waals surface area contributed by atoms with Crippen LogP contribution in [0.2, 0.25) is 0 Å². The molecule has 7 heteroatoms. The van der Waals surface area contributed by atoms with Crippen molar-refractivity contribution >= 4 is 26.7 Å². The number of hydrogen-bond acceptors (Lipinski definition) is 4. The largest absolute Gasteiger partial charge is 0.305 e. The second-order valence-electron chi connectivity index (χ2n) is 3.40. The van der Waals surface area contributed by atoms with Crippen molar-refractivity contribution in [3.8, 4) is 0 Å². The summed E-state index contributed by atoms with van der Waals surface area (Å²) in [5.41, 5.74) is 0.871. The first-order chi connectivity index (χ1) is 6.76. The average molecular weight is 249 g/mol. The fraction of sp³-hybridized carbons (Fsp3) is 0.625. The van der Waals surface area contributed by atoms with Crippen LogP contribution in [0.3, 0.4) is 0 Å². The Hall–Kier alpha value is -0.660. The van der Waals surface area contributed by atoms with Crippen molar-refractivity contribution in [3.63, 3.8) is 0 Å². The lowest BCUT2D eigenvalue weighted by Crippen LogP contribution is -2.37. The number of nitrogens with zero attached hydrogens (tertiary/aromatic N) is 3. The molecular formula is C8H15N3O2S2. The molecule has 86 valence electrons. The quantitative estimate of drug-likeness (QED) is 0.803. The van der Waals surface area contributed by atoms with Crippen LogP contribution in [0.1, 0.15) is 10.6 Å². The van der Waals surface area contributed by atoms with E-state index in [1.54, 1.807) is 0 Å². The molecule has 0 unspecified atom stereocenters. The third kappa shape index (κ3) is 2.30. The lowest BCUT2D eigenvalue weighted by atomic mass is 10.4. The number of rotatable bonds is 3. The summed E-state index contributed by atoms with van der Waals surface area (Å²) >= 11 is 1.38. The van der Waals surface area contributed by atoms with Gasteiger partial charge in [0.2, 0.25) is 0 Å². The number of aryl methyl sites for hydroxylation is 2. The van der Waals surface area contributed by atoms with Crippen LogP contribution in [-0.2, 0) is 10.2 Å². The zero-order valence-corrected chi connectivity index (χ0v) is 11.1. The Morgan fingerprint density at radius 1 is 1.20 bits per heavy atom. The van der Waals surface area contributed by atoms with E-state index in [4.69, 9.17) is 0 Å². The SMILES string of the molecule is Cc1nc(N(C)S(=O)(=O)N(C)C)sc1C. The predicted octanol–water partition coefficient (Wildman–Crippen LogP) is 1.00. The molecule has 15 heavy (non-hydrogen) atoms. The maximum absolute atomic E-state index is 11.8. The molecule has 0 aromatic carbocycles. The first kappa shape index (κ1) is 12.4. The van der Waals surface area contributed by atoms with Gasteiger partial charge in [0.1, 0.15) is 0 Å². The van der Waals surface area contributed by atoms with Gasteiger partial charge in [-0.1, -0.05) is 0 Å². The molecule has 0 fully saturated rings. The molecule has 0 N–H and O–H groups in total. The zero-order chi connectivity index (χ0) is 11.8. The summed E-state index contributed by atoms with van der Waals surface area (Å²) in [6.45, 7) is 3.79. The minimum Gasteiger partial charge on any atom is -0.235 e. The molecule has 0 saturated carbocycles. The van der Waals surface area contributed by atoms with E-state index in [0.717, 1.165) is 10.6 Å². The molecule has 0 amide bonds. The molecular weight excluding hydrogens is 234 g/mol. The molecule has 0 radical (unpaired) electrons. The summed E-state index contributed by atoms with van der Waals surface area (Å²) < 4.78 is 25.9. The van der Waals surface area contributed by atoms with Gasteiger partial charge in [0.05, 0.1) is 5.69 Å². The van der Waals surface area contributed by atoms with Gasteiger partial charge in [0.15, 0.2) is 5.13 Å². The van der Waals surface area contributed by atoms with E-state index >= 15 is 0 Å². The summed E-state index contributed by atoms with van der Waals surface area (Å²) in [5, 5.41) is 0.499. The first-order valence-corrected chi connectivity index (χ1v) is 6.58. The highest BCUT2D eigenvalue weighted by Gasteiger charge is 2.23. The van der Waals surface area contributed by atoms with Gasteiger partial charge < -0.3 is 0 Å². The second kappa shape index (κ2) is 4.07. The van der Waals surface area contributed by atoms with Gasteiger partial charge in [-0.15, -0.1) is 11.3 Å². The Labute approximate surface area is 94.5 Å². The van der Waals surface area contributed by atoms with Gasteiger partial charge in [-0.3, -0.25) is 0 Å². The number of thiazole rings is 1. The van der Waals surface area contributed by atoms with E-state index in [0.29, 0.717) is 5.13 Å². The standard InChI is InChI=1S/C8H15N3O2S2/c1-6-7(2)14-8(9-6)11(5)15(12,13)10(3)4/h1-5H3. The molecule has 0 aliphatic rings. The van der Waals surface area contributed by atoms with Gasteiger partial charge >= 0.3 is 10.2 Å². The van der Waals surface area contributed by atoms with Gasteiger partial charge in [0.25, 0.3) is 0 Å². The minimum absolute atomic E-state index is 0.499. The molecule has 0 bridgehead atoms. The number of aromatic nitrogens is 1.